The van der Waals surface area contributed by atoms with Crippen molar-refractivity contribution in [2.45, 2.75) is 25.5 Å². The quantitative estimate of drug-likeness (QED) is 0.796. The number of benzene rings is 1. The Hall–Kier alpha value is -1.75. The Balaban J connectivity index is 2.28. The number of carboxylic acids is 1. The molecular formula is C13H18N2O3. The van der Waals surface area contributed by atoms with Crippen LogP contribution in [-0.2, 0) is 4.74 Å². The summed E-state index contributed by atoms with van der Waals surface area (Å²) in [5.41, 5.74) is 6.93. The van der Waals surface area contributed by atoms with Crippen LogP contribution in [0.3, 0.4) is 0 Å². The van der Waals surface area contributed by atoms with Crippen LogP contribution in [0.25, 0.3) is 0 Å². The third-order valence-electron chi connectivity index (χ3n) is 3.51. The summed E-state index contributed by atoms with van der Waals surface area (Å²) in [6, 6.07) is 5.36. The summed E-state index contributed by atoms with van der Waals surface area (Å²) < 4.78 is 5.53. The summed E-state index contributed by atoms with van der Waals surface area (Å²) in [5, 5.41) is 9.07. The first-order chi connectivity index (χ1) is 8.50. The summed E-state index contributed by atoms with van der Waals surface area (Å²) in [5.74, 6) is -1.00. The molecule has 0 radical (unpaired) electrons. The van der Waals surface area contributed by atoms with E-state index in [1.807, 2.05) is 20.0 Å². The van der Waals surface area contributed by atoms with Crippen molar-refractivity contribution in [3.8, 4) is 0 Å². The van der Waals surface area contributed by atoms with Crippen molar-refractivity contribution < 1.29 is 14.6 Å². The van der Waals surface area contributed by atoms with Crippen molar-refractivity contribution in [1.82, 2.24) is 0 Å². The Morgan fingerprint density at radius 3 is 2.83 bits per heavy atom. The Kier molecular flexibility index (Phi) is 3.43. The summed E-state index contributed by atoms with van der Waals surface area (Å²) in [7, 11) is 1.95. The largest absolute Gasteiger partial charge is 0.478 e. The van der Waals surface area contributed by atoms with Crippen LogP contribution in [-0.4, -0.2) is 36.9 Å². The van der Waals surface area contributed by atoms with Gasteiger partial charge in [0.25, 0.3) is 0 Å². The van der Waals surface area contributed by atoms with Crippen molar-refractivity contribution in [1.29, 1.82) is 0 Å². The Morgan fingerprint density at radius 2 is 2.28 bits per heavy atom. The lowest BCUT2D eigenvalue weighted by Crippen LogP contribution is -2.36. The topological polar surface area (TPSA) is 75.8 Å². The van der Waals surface area contributed by atoms with Crippen LogP contribution >= 0.6 is 0 Å². The van der Waals surface area contributed by atoms with Crippen molar-refractivity contribution in [2.75, 3.05) is 24.3 Å². The van der Waals surface area contributed by atoms with Gasteiger partial charge in [0.05, 0.1) is 17.7 Å². The van der Waals surface area contributed by atoms with Gasteiger partial charge in [-0.05, 0) is 31.5 Å². The van der Waals surface area contributed by atoms with Gasteiger partial charge in [0.1, 0.15) is 0 Å². The molecule has 3 N–H and O–H groups in total. The first-order valence-electron chi connectivity index (χ1n) is 5.98. The molecule has 0 aliphatic carbocycles. The fourth-order valence-electron chi connectivity index (χ4n) is 2.37. The van der Waals surface area contributed by atoms with Gasteiger partial charge >= 0.3 is 5.97 Å². The molecule has 1 heterocycles. The first kappa shape index (κ1) is 12.7. The molecule has 0 saturated carbocycles. The van der Waals surface area contributed by atoms with E-state index in [1.165, 1.54) is 0 Å². The van der Waals surface area contributed by atoms with E-state index < -0.39 is 5.97 Å². The highest BCUT2D eigenvalue weighted by Gasteiger charge is 2.28. The molecule has 18 heavy (non-hydrogen) atoms. The molecule has 1 aliphatic rings. The molecule has 0 aromatic heterocycles. The Bertz CT molecular complexity index is 462. The number of carbonyl (C=O) groups is 1. The third kappa shape index (κ3) is 2.26. The summed E-state index contributed by atoms with van der Waals surface area (Å²) >= 11 is 0. The zero-order valence-electron chi connectivity index (χ0n) is 10.6. The number of ether oxygens (including phenoxy) is 1. The average molecular weight is 250 g/mol. The number of nitrogens with two attached hydrogens (primary N) is 1. The monoisotopic (exact) mass is 250 g/mol. The van der Waals surface area contributed by atoms with Crippen LogP contribution in [0.15, 0.2) is 18.2 Å². The Morgan fingerprint density at radius 1 is 1.56 bits per heavy atom. The molecule has 0 spiro atoms. The van der Waals surface area contributed by atoms with E-state index >= 15 is 0 Å². The number of anilines is 2. The fourth-order valence-corrected chi connectivity index (χ4v) is 2.37. The second-order valence-electron chi connectivity index (χ2n) is 4.62. The number of nitrogen functional groups attached to an aromatic ring is 1. The van der Waals surface area contributed by atoms with Crippen LogP contribution in [0.1, 0.15) is 23.7 Å². The third-order valence-corrected chi connectivity index (χ3v) is 3.51. The van der Waals surface area contributed by atoms with Crippen LogP contribution in [0.4, 0.5) is 11.4 Å². The van der Waals surface area contributed by atoms with Gasteiger partial charge in [-0.2, -0.15) is 0 Å². The normalized spacial score (nSPS) is 23.0. The molecule has 1 aliphatic heterocycles. The lowest BCUT2D eigenvalue weighted by Gasteiger charge is -2.29. The predicted octanol–water partition coefficient (Wildman–Crippen LogP) is 1.58. The smallest absolute Gasteiger partial charge is 0.337 e. The van der Waals surface area contributed by atoms with Gasteiger partial charge in [-0.25, -0.2) is 4.79 Å². The SMILES string of the molecule is CC1OCCC1N(C)c1ccc(N)c(C(=O)O)c1. The van der Waals surface area contributed by atoms with E-state index in [9.17, 15) is 4.79 Å². The first-order valence-corrected chi connectivity index (χ1v) is 5.98. The van der Waals surface area contributed by atoms with Gasteiger partial charge in [0.15, 0.2) is 0 Å². The van der Waals surface area contributed by atoms with Crippen molar-refractivity contribution >= 4 is 17.3 Å². The minimum atomic E-state index is -1.00. The zero-order valence-corrected chi connectivity index (χ0v) is 10.6. The predicted molar refractivity (Wildman–Crippen MR) is 70.0 cm³/mol. The number of hydrogen-bond acceptors (Lipinski definition) is 4. The summed E-state index contributed by atoms with van der Waals surface area (Å²) in [6.45, 7) is 2.78. The zero-order chi connectivity index (χ0) is 13.3. The molecule has 1 aromatic rings. The van der Waals surface area contributed by atoms with Crippen molar-refractivity contribution in [2.24, 2.45) is 0 Å². The average Bonchev–Trinajstić information content (AvgIpc) is 2.75. The molecule has 5 nitrogen and oxygen atoms in total. The standard InChI is InChI=1S/C13H18N2O3/c1-8-12(5-6-18-8)15(2)9-3-4-11(14)10(7-9)13(16)17/h3-4,7-8,12H,5-6,14H2,1-2H3,(H,16,17). The van der Waals surface area contributed by atoms with Crippen molar-refractivity contribution in [3.05, 3.63) is 23.8 Å². The number of aromatic carboxylic acids is 1. The number of rotatable bonds is 3. The highest BCUT2D eigenvalue weighted by molar-refractivity contribution is 5.94. The number of likely N-dealkylation sites (N-methyl/N-ethyl adjacent to an activating group) is 1. The molecule has 0 amide bonds. The van der Waals surface area contributed by atoms with Gasteiger partial charge in [0.2, 0.25) is 0 Å². The second kappa shape index (κ2) is 4.86. The highest BCUT2D eigenvalue weighted by Crippen LogP contribution is 2.26. The lowest BCUT2D eigenvalue weighted by atomic mass is 10.1. The van der Waals surface area contributed by atoms with Gasteiger partial charge < -0.3 is 20.5 Å². The van der Waals surface area contributed by atoms with E-state index in [4.69, 9.17) is 15.6 Å². The highest BCUT2D eigenvalue weighted by atomic mass is 16.5. The van der Waals surface area contributed by atoms with Crippen LogP contribution in [0.5, 0.6) is 0 Å². The van der Waals surface area contributed by atoms with E-state index in [1.54, 1.807) is 12.1 Å². The molecule has 1 fully saturated rings. The minimum Gasteiger partial charge on any atom is -0.478 e. The molecule has 5 heteroatoms. The van der Waals surface area contributed by atoms with Gasteiger partial charge in [-0.3, -0.25) is 0 Å². The minimum absolute atomic E-state index is 0.144. The van der Waals surface area contributed by atoms with Gasteiger partial charge in [-0.15, -0.1) is 0 Å². The lowest BCUT2D eigenvalue weighted by molar-refractivity contribution is 0.0698. The molecule has 1 aromatic carbocycles. The maximum absolute atomic E-state index is 11.1. The molecule has 98 valence electrons. The van der Waals surface area contributed by atoms with E-state index in [0.29, 0.717) is 0 Å². The fraction of sp³-hybridized carbons (Fsp3) is 0.462. The number of carboxylic acid groups (broad SMARTS) is 1. The van der Waals surface area contributed by atoms with Crippen LogP contribution < -0.4 is 10.6 Å². The molecule has 2 atom stereocenters. The summed E-state index contributed by atoms with van der Waals surface area (Å²) in [4.78, 5) is 13.1. The number of nitrogens with zero attached hydrogens (tertiary/aromatic N) is 1. The van der Waals surface area contributed by atoms with Gasteiger partial charge in [0, 0.05) is 25.0 Å². The number of hydrogen-bond donors (Lipinski definition) is 2. The van der Waals surface area contributed by atoms with Crippen molar-refractivity contribution in [3.63, 3.8) is 0 Å². The van der Waals surface area contributed by atoms with E-state index in [2.05, 4.69) is 4.90 Å². The van der Waals surface area contributed by atoms with Gasteiger partial charge in [-0.1, -0.05) is 0 Å². The molecule has 1 saturated heterocycles. The molecule has 2 rings (SSSR count). The van der Waals surface area contributed by atoms with Crippen LogP contribution in [0, 0.1) is 0 Å². The molecular weight excluding hydrogens is 232 g/mol. The van der Waals surface area contributed by atoms with Crippen LogP contribution in [0.2, 0.25) is 0 Å². The second-order valence-corrected chi connectivity index (χ2v) is 4.62. The maximum atomic E-state index is 11.1. The molecule has 0 bridgehead atoms. The van der Waals surface area contributed by atoms with E-state index in [-0.39, 0.29) is 23.4 Å². The van der Waals surface area contributed by atoms with E-state index in [0.717, 1.165) is 18.7 Å². The maximum Gasteiger partial charge on any atom is 0.337 e. The molecule has 2 unspecified atom stereocenters. The Labute approximate surface area is 106 Å². The summed E-state index contributed by atoms with van der Waals surface area (Å²) in [6.07, 6.45) is 1.10.